The maximum atomic E-state index is 12.4. The number of esters is 1. The molecule has 0 amide bonds. The molecule has 1 aromatic rings. The van der Waals surface area contributed by atoms with Crippen LogP contribution in [-0.4, -0.2) is 38.8 Å². The van der Waals surface area contributed by atoms with Crippen LogP contribution in [0.4, 0.5) is 0 Å². The first-order valence-electron chi connectivity index (χ1n) is 9.63. The first-order chi connectivity index (χ1) is 13.3. The molecular formula is C22H32O6S. The van der Waals surface area contributed by atoms with Crippen LogP contribution in [0.15, 0.2) is 17.0 Å². The smallest absolute Gasteiger partial charge is 0.311 e. The third-order valence-electron chi connectivity index (χ3n) is 4.13. The number of benzene rings is 1. The molecular weight excluding hydrogens is 392 g/mol. The van der Waals surface area contributed by atoms with E-state index in [4.69, 9.17) is 8.92 Å². The van der Waals surface area contributed by atoms with Crippen molar-refractivity contribution in [2.45, 2.75) is 71.8 Å². The summed E-state index contributed by atoms with van der Waals surface area (Å²) in [6.07, 6.45) is 0.488. The predicted molar refractivity (Wildman–Crippen MR) is 112 cm³/mol. The van der Waals surface area contributed by atoms with Crippen LogP contribution in [0, 0.1) is 38.0 Å². The third-order valence-corrected chi connectivity index (χ3v) is 5.70. The highest BCUT2D eigenvalue weighted by Crippen LogP contribution is 2.23. The Hall–Kier alpha value is -1.88. The van der Waals surface area contributed by atoms with Crippen molar-refractivity contribution in [3.63, 3.8) is 0 Å². The largest absolute Gasteiger partial charge is 0.465 e. The van der Waals surface area contributed by atoms with Gasteiger partial charge in [0.05, 0.1) is 23.0 Å². The van der Waals surface area contributed by atoms with Crippen molar-refractivity contribution >= 4 is 16.1 Å². The molecule has 7 heteroatoms. The average Bonchev–Trinajstić information content (AvgIpc) is 2.55. The van der Waals surface area contributed by atoms with Gasteiger partial charge in [0.25, 0.3) is 10.1 Å². The summed E-state index contributed by atoms with van der Waals surface area (Å²) in [6.45, 7) is 10.7. The molecule has 6 nitrogen and oxygen atoms in total. The monoisotopic (exact) mass is 424 g/mol. The quantitative estimate of drug-likeness (QED) is 0.298. The Kier molecular flexibility index (Phi) is 9.34. The lowest BCUT2D eigenvalue weighted by atomic mass is 9.97. The molecule has 0 fully saturated rings. The van der Waals surface area contributed by atoms with Gasteiger partial charge in [-0.15, -0.1) is 0 Å². The summed E-state index contributed by atoms with van der Waals surface area (Å²) < 4.78 is 35.0. The van der Waals surface area contributed by atoms with E-state index in [1.165, 1.54) is 0 Å². The minimum atomic E-state index is -3.89. The van der Waals surface area contributed by atoms with E-state index in [9.17, 15) is 18.3 Å². The maximum Gasteiger partial charge on any atom is 0.311 e. The van der Waals surface area contributed by atoms with Crippen LogP contribution >= 0.6 is 0 Å². The Labute approximate surface area is 174 Å². The van der Waals surface area contributed by atoms with Gasteiger partial charge < -0.3 is 9.84 Å². The van der Waals surface area contributed by atoms with Crippen molar-refractivity contribution < 1.29 is 27.2 Å². The number of aliphatic hydroxyl groups excluding tert-OH is 1. The zero-order valence-corrected chi connectivity index (χ0v) is 19.0. The second kappa shape index (κ2) is 10.8. The van der Waals surface area contributed by atoms with Crippen LogP contribution in [0.25, 0.3) is 0 Å². The highest BCUT2D eigenvalue weighted by molar-refractivity contribution is 7.86. The van der Waals surface area contributed by atoms with E-state index in [1.54, 1.807) is 46.8 Å². The normalized spacial score (nSPS) is 12.8. The van der Waals surface area contributed by atoms with Gasteiger partial charge in [-0.2, -0.15) is 8.42 Å². The Morgan fingerprint density at radius 2 is 1.72 bits per heavy atom. The summed E-state index contributed by atoms with van der Waals surface area (Å²) in [5.41, 5.74) is 1.72. The number of ether oxygens (including phenoxy) is 1. The summed E-state index contributed by atoms with van der Waals surface area (Å²) in [7, 11) is -3.89. The van der Waals surface area contributed by atoms with E-state index < -0.39 is 21.6 Å². The van der Waals surface area contributed by atoms with Crippen LogP contribution in [0.1, 0.15) is 56.7 Å². The van der Waals surface area contributed by atoms with Crippen LogP contribution in [0.2, 0.25) is 0 Å². The third kappa shape index (κ3) is 8.57. The number of rotatable bonds is 8. The van der Waals surface area contributed by atoms with Gasteiger partial charge in [0.15, 0.2) is 0 Å². The molecule has 0 saturated heterocycles. The van der Waals surface area contributed by atoms with Gasteiger partial charge in [0.2, 0.25) is 0 Å². The highest BCUT2D eigenvalue weighted by atomic mass is 32.2. The molecule has 0 heterocycles. The summed E-state index contributed by atoms with van der Waals surface area (Å²) in [5.74, 6) is 5.07. The number of hydrogen-bond donors (Lipinski definition) is 1. The van der Waals surface area contributed by atoms with Crippen molar-refractivity contribution in [3.05, 3.63) is 28.8 Å². The molecule has 0 bridgehead atoms. The molecule has 1 rings (SSSR count). The molecule has 0 radical (unpaired) electrons. The van der Waals surface area contributed by atoms with E-state index in [-0.39, 0.29) is 30.5 Å². The zero-order valence-electron chi connectivity index (χ0n) is 18.2. The van der Waals surface area contributed by atoms with Crippen LogP contribution in [0.3, 0.4) is 0 Å². The Balaban J connectivity index is 2.42. The molecule has 1 atom stereocenters. The highest BCUT2D eigenvalue weighted by Gasteiger charge is 2.23. The maximum absolute atomic E-state index is 12.4. The Morgan fingerprint density at radius 3 is 2.28 bits per heavy atom. The number of carbonyl (C=O) groups excluding carboxylic acids is 1. The van der Waals surface area contributed by atoms with E-state index >= 15 is 0 Å². The van der Waals surface area contributed by atoms with Crippen molar-refractivity contribution in [2.24, 2.45) is 5.41 Å². The second-order valence-electron chi connectivity index (χ2n) is 8.18. The molecule has 29 heavy (non-hydrogen) atoms. The number of aryl methyl sites for hydroxylation is 3. The van der Waals surface area contributed by atoms with Crippen molar-refractivity contribution in [1.29, 1.82) is 0 Å². The summed E-state index contributed by atoms with van der Waals surface area (Å²) in [5, 5.41) is 9.91. The van der Waals surface area contributed by atoms with E-state index in [0.29, 0.717) is 24.0 Å². The molecule has 0 aromatic heterocycles. The van der Waals surface area contributed by atoms with Crippen molar-refractivity contribution in [1.82, 2.24) is 0 Å². The fourth-order valence-electron chi connectivity index (χ4n) is 2.77. The van der Waals surface area contributed by atoms with Crippen LogP contribution < -0.4 is 0 Å². The molecule has 0 spiro atoms. The second-order valence-corrected chi connectivity index (χ2v) is 9.74. The lowest BCUT2D eigenvalue weighted by molar-refractivity contribution is -0.153. The minimum Gasteiger partial charge on any atom is -0.465 e. The summed E-state index contributed by atoms with van der Waals surface area (Å²) >= 11 is 0. The fourth-order valence-corrected chi connectivity index (χ4v) is 4.01. The van der Waals surface area contributed by atoms with Gasteiger partial charge in [-0.3, -0.25) is 8.98 Å². The topological polar surface area (TPSA) is 89.9 Å². The van der Waals surface area contributed by atoms with Crippen molar-refractivity contribution in [3.8, 4) is 11.8 Å². The average molecular weight is 425 g/mol. The molecule has 162 valence electrons. The molecule has 0 aliphatic heterocycles. The zero-order chi connectivity index (χ0) is 22.2. The van der Waals surface area contributed by atoms with Gasteiger partial charge >= 0.3 is 5.97 Å². The fraction of sp³-hybridized carbons (Fsp3) is 0.591. The Morgan fingerprint density at radius 1 is 1.14 bits per heavy atom. The number of hydrogen-bond acceptors (Lipinski definition) is 6. The lowest BCUT2D eigenvalue weighted by Gasteiger charge is -2.16. The summed E-state index contributed by atoms with van der Waals surface area (Å²) in [4.78, 5) is 11.8. The minimum absolute atomic E-state index is 0.176. The SMILES string of the molecule is Cc1cc(C)c(S(=O)(=O)OCC#CC[C@@H](O)CCCOC(=O)C(C)(C)C)c(C)c1. The van der Waals surface area contributed by atoms with E-state index in [1.807, 2.05) is 6.92 Å². The van der Waals surface area contributed by atoms with E-state index in [0.717, 1.165) is 5.56 Å². The molecule has 1 N–H and O–H groups in total. The first-order valence-corrected chi connectivity index (χ1v) is 11.0. The van der Waals surface area contributed by atoms with Gasteiger partial charge in [-0.25, -0.2) is 0 Å². The van der Waals surface area contributed by atoms with Gasteiger partial charge in [-0.05, 0) is 65.5 Å². The van der Waals surface area contributed by atoms with Gasteiger partial charge in [0.1, 0.15) is 6.61 Å². The van der Waals surface area contributed by atoms with Gasteiger partial charge in [-0.1, -0.05) is 29.5 Å². The summed E-state index contributed by atoms with van der Waals surface area (Å²) in [6, 6.07) is 3.59. The molecule has 0 aliphatic rings. The van der Waals surface area contributed by atoms with Gasteiger partial charge in [0, 0.05) is 6.42 Å². The van der Waals surface area contributed by atoms with Crippen molar-refractivity contribution in [2.75, 3.05) is 13.2 Å². The van der Waals surface area contributed by atoms with Crippen LogP contribution in [0.5, 0.6) is 0 Å². The molecule has 0 saturated carbocycles. The number of carbonyl (C=O) groups is 1. The molecule has 0 aliphatic carbocycles. The first kappa shape index (κ1) is 25.2. The van der Waals surface area contributed by atoms with E-state index in [2.05, 4.69) is 11.8 Å². The Bertz CT molecular complexity index is 846. The molecule has 1 aromatic carbocycles. The molecule has 0 unspecified atom stereocenters. The number of aliphatic hydroxyl groups is 1. The predicted octanol–water partition coefficient (Wildman–Crippen LogP) is 3.44. The lowest BCUT2D eigenvalue weighted by Crippen LogP contribution is -2.23. The van der Waals surface area contributed by atoms with Crippen LogP contribution in [-0.2, 0) is 23.8 Å². The standard InChI is InChI=1S/C22H32O6S/c1-16-14-17(2)20(18(3)15-16)29(25,26)28-13-8-7-10-19(23)11-9-12-27-21(24)22(4,5)6/h14-15,19,23H,9-13H2,1-6H3/t19-/m1/s1.